The van der Waals surface area contributed by atoms with Gasteiger partial charge in [-0.05, 0) is 24.7 Å². The Morgan fingerprint density at radius 2 is 1.78 bits per heavy atom. The molecule has 2 aliphatic rings. The normalized spacial score (nSPS) is 20.1. The number of nitrogens with one attached hydrogen (secondary N) is 1. The van der Waals surface area contributed by atoms with Crippen molar-refractivity contribution >= 4 is 34.9 Å². The number of esters is 2. The molecule has 0 bridgehead atoms. The Balaban J connectivity index is 1.68. The Hall–Kier alpha value is -2.25. The van der Waals surface area contributed by atoms with E-state index in [1.54, 1.807) is 6.07 Å². The van der Waals surface area contributed by atoms with Gasteiger partial charge in [0, 0.05) is 51.9 Å². The first-order valence-corrected chi connectivity index (χ1v) is 9.37. The van der Waals surface area contributed by atoms with Gasteiger partial charge in [-0.25, -0.2) is 9.59 Å². The van der Waals surface area contributed by atoms with Gasteiger partial charge in [-0.1, -0.05) is 18.5 Å². The van der Waals surface area contributed by atoms with Crippen LogP contribution in [0.4, 0.5) is 11.4 Å². The molecule has 1 N–H and O–H groups in total. The first-order valence-electron chi connectivity index (χ1n) is 8.99. The van der Waals surface area contributed by atoms with Crippen molar-refractivity contribution in [2.45, 2.75) is 26.6 Å². The molecule has 0 atom stereocenters. The Labute approximate surface area is 163 Å². The molecule has 0 spiro atoms. The van der Waals surface area contributed by atoms with Crippen molar-refractivity contribution in [2.24, 2.45) is 0 Å². The van der Waals surface area contributed by atoms with Crippen molar-refractivity contribution < 1.29 is 19.1 Å². The fourth-order valence-corrected chi connectivity index (χ4v) is 3.39. The van der Waals surface area contributed by atoms with Crippen LogP contribution in [0.3, 0.4) is 0 Å². The second-order valence-electron chi connectivity index (χ2n) is 6.97. The minimum absolute atomic E-state index is 0.190. The SMILES string of the molecule is CCN1CCN(c2ccc(NC=C3C(=O)OC(C)(C)OC3=O)cc2Cl)CC1. The van der Waals surface area contributed by atoms with Crippen LogP contribution in [0.2, 0.25) is 5.02 Å². The van der Waals surface area contributed by atoms with E-state index in [0.717, 1.165) is 38.4 Å². The zero-order valence-electron chi connectivity index (χ0n) is 15.8. The summed E-state index contributed by atoms with van der Waals surface area (Å²) in [7, 11) is 0. The Morgan fingerprint density at radius 1 is 1.15 bits per heavy atom. The van der Waals surface area contributed by atoms with Crippen molar-refractivity contribution in [1.82, 2.24) is 4.90 Å². The lowest BCUT2D eigenvalue weighted by Gasteiger charge is -2.36. The van der Waals surface area contributed by atoms with E-state index in [-0.39, 0.29) is 5.57 Å². The van der Waals surface area contributed by atoms with E-state index >= 15 is 0 Å². The molecule has 0 unspecified atom stereocenters. The summed E-state index contributed by atoms with van der Waals surface area (Å²) in [6.07, 6.45) is 1.28. The summed E-state index contributed by atoms with van der Waals surface area (Å²) in [6.45, 7) is 10.1. The van der Waals surface area contributed by atoms with Crippen LogP contribution in [-0.4, -0.2) is 55.3 Å². The van der Waals surface area contributed by atoms with Gasteiger partial charge < -0.3 is 24.6 Å². The largest absolute Gasteiger partial charge is 0.419 e. The maximum absolute atomic E-state index is 12.0. The fraction of sp³-hybridized carbons (Fsp3) is 0.474. The molecular formula is C19H24ClN3O4. The summed E-state index contributed by atoms with van der Waals surface area (Å²) in [5, 5.41) is 3.52. The predicted molar refractivity (Wildman–Crippen MR) is 104 cm³/mol. The van der Waals surface area contributed by atoms with E-state index in [1.165, 1.54) is 20.0 Å². The number of benzene rings is 1. The van der Waals surface area contributed by atoms with E-state index in [0.29, 0.717) is 10.7 Å². The molecular weight excluding hydrogens is 370 g/mol. The van der Waals surface area contributed by atoms with Crippen molar-refractivity contribution in [2.75, 3.05) is 42.9 Å². The van der Waals surface area contributed by atoms with E-state index in [4.69, 9.17) is 21.1 Å². The first kappa shape index (κ1) is 19.5. The molecule has 2 fully saturated rings. The summed E-state index contributed by atoms with van der Waals surface area (Å²) in [5.41, 5.74) is 1.45. The average Bonchev–Trinajstić information content (AvgIpc) is 2.60. The average molecular weight is 394 g/mol. The highest BCUT2D eigenvalue weighted by molar-refractivity contribution is 6.33. The molecule has 1 aromatic carbocycles. The third-order valence-electron chi connectivity index (χ3n) is 4.61. The van der Waals surface area contributed by atoms with Crippen molar-refractivity contribution in [3.63, 3.8) is 0 Å². The van der Waals surface area contributed by atoms with Crippen molar-refractivity contribution in [1.29, 1.82) is 0 Å². The lowest BCUT2D eigenvalue weighted by molar-refractivity contribution is -0.222. The summed E-state index contributed by atoms with van der Waals surface area (Å²) in [5.74, 6) is -2.70. The molecule has 2 saturated heterocycles. The zero-order valence-corrected chi connectivity index (χ0v) is 16.5. The first-order chi connectivity index (χ1) is 12.8. The molecule has 0 radical (unpaired) electrons. The lowest BCUT2D eigenvalue weighted by atomic mass is 10.2. The maximum Gasteiger partial charge on any atom is 0.350 e. The van der Waals surface area contributed by atoms with E-state index in [2.05, 4.69) is 22.0 Å². The number of hydrogen-bond acceptors (Lipinski definition) is 7. The van der Waals surface area contributed by atoms with Crippen LogP contribution in [0.1, 0.15) is 20.8 Å². The molecule has 27 heavy (non-hydrogen) atoms. The number of cyclic esters (lactones) is 2. The second kappa shape index (κ2) is 7.78. The number of anilines is 2. The molecule has 0 aromatic heterocycles. The summed E-state index contributed by atoms with van der Waals surface area (Å²) in [4.78, 5) is 28.6. The number of hydrogen-bond donors (Lipinski definition) is 1. The van der Waals surface area contributed by atoms with Crippen molar-refractivity contribution in [3.8, 4) is 0 Å². The summed E-state index contributed by atoms with van der Waals surface area (Å²) >= 11 is 6.45. The number of rotatable bonds is 4. The fourth-order valence-electron chi connectivity index (χ4n) is 3.09. The highest BCUT2D eigenvalue weighted by Crippen LogP contribution is 2.30. The van der Waals surface area contributed by atoms with Crippen LogP contribution < -0.4 is 10.2 Å². The highest BCUT2D eigenvalue weighted by Gasteiger charge is 2.38. The summed E-state index contributed by atoms with van der Waals surface area (Å²) in [6, 6.07) is 5.56. The third-order valence-corrected chi connectivity index (χ3v) is 4.91. The number of halogens is 1. The van der Waals surface area contributed by atoms with Gasteiger partial charge in [0.15, 0.2) is 5.57 Å². The number of likely N-dealkylation sites (N-methyl/N-ethyl adjacent to an activating group) is 1. The van der Waals surface area contributed by atoms with Crippen LogP contribution in [0.15, 0.2) is 30.0 Å². The number of carbonyl (C=O) groups excluding carboxylic acids is 2. The molecule has 1 aromatic rings. The third kappa shape index (κ3) is 4.54. The number of carbonyl (C=O) groups is 2. The number of piperazine rings is 1. The van der Waals surface area contributed by atoms with Gasteiger partial charge in [-0.3, -0.25) is 0 Å². The standard InChI is InChI=1S/C19H24ClN3O4/c1-4-22-7-9-23(10-8-22)16-6-5-13(11-15(16)20)21-12-14-17(24)26-19(2,3)27-18(14)25/h5-6,11-12,21H,4,7-10H2,1-3H3. The van der Waals surface area contributed by atoms with E-state index < -0.39 is 17.7 Å². The topological polar surface area (TPSA) is 71.1 Å². The number of ether oxygens (including phenoxy) is 2. The zero-order chi connectivity index (χ0) is 19.6. The monoisotopic (exact) mass is 393 g/mol. The van der Waals surface area contributed by atoms with Gasteiger partial charge in [-0.15, -0.1) is 0 Å². The predicted octanol–water partition coefficient (Wildman–Crippen LogP) is 2.61. The van der Waals surface area contributed by atoms with Gasteiger partial charge in [0.25, 0.3) is 5.79 Å². The van der Waals surface area contributed by atoms with Crippen LogP contribution in [0.25, 0.3) is 0 Å². The van der Waals surface area contributed by atoms with E-state index in [9.17, 15) is 9.59 Å². The van der Waals surface area contributed by atoms with Crippen LogP contribution in [0.5, 0.6) is 0 Å². The maximum atomic E-state index is 12.0. The Morgan fingerprint density at radius 3 is 2.33 bits per heavy atom. The minimum atomic E-state index is -1.25. The molecule has 3 rings (SSSR count). The van der Waals surface area contributed by atoms with Gasteiger partial charge in [0.2, 0.25) is 0 Å². The number of nitrogens with zero attached hydrogens (tertiary/aromatic N) is 2. The van der Waals surface area contributed by atoms with Gasteiger partial charge in [-0.2, -0.15) is 0 Å². The molecule has 0 aliphatic carbocycles. The van der Waals surface area contributed by atoms with Crippen LogP contribution in [0, 0.1) is 0 Å². The molecule has 2 aliphatic heterocycles. The lowest BCUT2D eigenvalue weighted by Crippen LogP contribution is -2.46. The molecule has 0 amide bonds. The molecule has 8 heteroatoms. The van der Waals surface area contributed by atoms with Crippen LogP contribution in [-0.2, 0) is 19.1 Å². The van der Waals surface area contributed by atoms with Gasteiger partial charge in [0.1, 0.15) is 0 Å². The van der Waals surface area contributed by atoms with Crippen LogP contribution >= 0.6 is 11.6 Å². The van der Waals surface area contributed by atoms with E-state index in [1.807, 2.05) is 12.1 Å². The molecule has 146 valence electrons. The molecule has 0 saturated carbocycles. The molecule has 7 nitrogen and oxygen atoms in total. The second-order valence-corrected chi connectivity index (χ2v) is 7.38. The van der Waals surface area contributed by atoms with Gasteiger partial charge in [0.05, 0.1) is 10.7 Å². The quantitative estimate of drug-likeness (QED) is 0.479. The highest BCUT2D eigenvalue weighted by atomic mass is 35.5. The molecule has 2 heterocycles. The smallest absolute Gasteiger partial charge is 0.350 e. The Kier molecular flexibility index (Phi) is 5.62. The Bertz CT molecular complexity index is 748. The summed E-state index contributed by atoms with van der Waals surface area (Å²) < 4.78 is 10.1. The van der Waals surface area contributed by atoms with Gasteiger partial charge >= 0.3 is 11.9 Å². The van der Waals surface area contributed by atoms with Crippen molar-refractivity contribution in [3.05, 3.63) is 35.0 Å². The minimum Gasteiger partial charge on any atom is -0.419 e.